The Morgan fingerprint density at radius 2 is 1.68 bits per heavy atom. The van der Waals surface area contributed by atoms with Crippen molar-refractivity contribution < 1.29 is 4.79 Å². The Morgan fingerprint density at radius 1 is 0.929 bits per heavy atom. The SMILES string of the molecule is Cc1cncc(C(=O)N2CCC(=C(c3ccccc3)c3ccccn3)CC2)c1. The topological polar surface area (TPSA) is 46.1 Å². The molecule has 1 fully saturated rings. The fourth-order valence-electron chi connectivity index (χ4n) is 3.73. The van der Waals surface area contributed by atoms with Crippen LogP contribution >= 0.6 is 0 Å². The van der Waals surface area contributed by atoms with Gasteiger partial charge in [-0.2, -0.15) is 0 Å². The van der Waals surface area contributed by atoms with Crippen LogP contribution in [0.4, 0.5) is 0 Å². The lowest BCUT2D eigenvalue weighted by Gasteiger charge is -2.30. The van der Waals surface area contributed by atoms with Crippen LogP contribution in [0.1, 0.15) is 40.0 Å². The van der Waals surface area contributed by atoms with E-state index in [1.165, 1.54) is 16.7 Å². The van der Waals surface area contributed by atoms with E-state index in [4.69, 9.17) is 0 Å². The van der Waals surface area contributed by atoms with E-state index in [-0.39, 0.29) is 5.91 Å². The molecule has 0 N–H and O–H groups in total. The predicted molar refractivity (Wildman–Crippen MR) is 111 cm³/mol. The van der Waals surface area contributed by atoms with E-state index in [2.05, 4.69) is 40.3 Å². The third-order valence-electron chi connectivity index (χ3n) is 5.11. The zero-order chi connectivity index (χ0) is 19.3. The molecule has 1 amide bonds. The summed E-state index contributed by atoms with van der Waals surface area (Å²) in [5.74, 6) is 0.0642. The van der Waals surface area contributed by atoms with Crippen molar-refractivity contribution in [2.45, 2.75) is 19.8 Å². The minimum Gasteiger partial charge on any atom is -0.338 e. The van der Waals surface area contributed by atoms with Crippen molar-refractivity contribution in [1.29, 1.82) is 0 Å². The molecule has 4 heteroatoms. The van der Waals surface area contributed by atoms with E-state index in [0.717, 1.165) is 24.1 Å². The fraction of sp³-hybridized carbons (Fsp3) is 0.208. The highest BCUT2D eigenvalue weighted by Crippen LogP contribution is 2.31. The Hall–Kier alpha value is -3.27. The number of benzene rings is 1. The van der Waals surface area contributed by atoms with Gasteiger partial charge in [-0.05, 0) is 49.1 Å². The summed E-state index contributed by atoms with van der Waals surface area (Å²) in [6.07, 6.45) is 6.97. The molecule has 0 radical (unpaired) electrons. The van der Waals surface area contributed by atoms with E-state index in [1.54, 1.807) is 12.4 Å². The zero-order valence-corrected chi connectivity index (χ0v) is 16.0. The molecule has 3 aromatic rings. The van der Waals surface area contributed by atoms with Crippen molar-refractivity contribution >= 4 is 11.5 Å². The van der Waals surface area contributed by atoms with Crippen molar-refractivity contribution in [3.05, 3.63) is 101 Å². The molecule has 1 aliphatic heterocycles. The van der Waals surface area contributed by atoms with Crippen molar-refractivity contribution in [2.24, 2.45) is 0 Å². The Kier molecular flexibility index (Phi) is 5.29. The molecule has 140 valence electrons. The second-order valence-electron chi connectivity index (χ2n) is 7.10. The highest BCUT2D eigenvalue weighted by Gasteiger charge is 2.23. The zero-order valence-electron chi connectivity index (χ0n) is 16.0. The van der Waals surface area contributed by atoms with Gasteiger partial charge in [0.15, 0.2) is 0 Å². The molecule has 2 aromatic heterocycles. The molecule has 0 bridgehead atoms. The highest BCUT2D eigenvalue weighted by molar-refractivity contribution is 5.94. The minimum absolute atomic E-state index is 0.0642. The Labute approximate surface area is 165 Å². The van der Waals surface area contributed by atoms with Crippen molar-refractivity contribution in [2.75, 3.05) is 13.1 Å². The van der Waals surface area contributed by atoms with Crippen LogP contribution in [-0.2, 0) is 0 Å². The van der Waals surface area contributed by atoms with E-state index in [0.29, 0.717) is 18.7 Å². The van der Waals surface area contributed by atoms with Gasteiger partial charge in [0.2, 0.25) is 0 Å². The first-order chi connectivity index (χ1) is 13.7. The van der Waals surface area contributed by atoms with Gasteiger partial charge >= 0.3 is 0 Å². The lowest BCUT2D eigenvalue weighted by molar-refractivity contribution is 0.0743. The number of aryl methyl sites for hydroxylation is 1. The van der Waals surface area contributed by atoms with Crippen LogP contribution in [0, 0.1) is 6.92 Å². The van der Waals surface area contributed by atoms with Crippen molar-refractivity contribution in [3.8, 4) is 0 Å². The molecule has 1 aliphatic rings. The van der Waals surface area contributed by atoms with Crippen LogP contribution in [0.5, 0.6) is 0 Å². The number of pyridine rings is 2. The molecule has 28 heavy (non-hydrogen) atoms. The molecule has 1 saturated heterocycles. The van der Waals surface area contributed by atoms with Gasteiger partial charge in [-0.15, -0.1) is 0 Å². The number of aromatic nitrogens is 2. The summed E-state index contributed by atoms with van der Waals surface area (Å²) in [5.41, 5.74) is 6.40. The number of piperidine rings is 1. The first-order valence-electron chi connectivity index (χ1n) is 9.62. The van der Waals surface area contributed by atoms with Crippen LogP contribution in [-0.4, -0.2) is 33.9 Å². The van der Waals surface area contributed by atoms with Gasteiger partial charge < -0.3 is 4.90 Å². The summed E-state index contributed by atoms with van der Waals surface area (Å²) >= 11 is 0. The van der Waals surface area contributed by atoms with Crippen LogP contribution in [0.25, 0.3) is 5.57 Å². The lowest BCUT2D eigenvalue weighted by Crippen LogP contribution is -2.36. The average molecular weight is 369 g/mol. The first kappa shape index (κ1) is 18.1. The molecule has 0 saturated carbocycles. The smallest absolute Gasteiger partial charge is 0.255 e. The quantitative estimate of drug-likeness (QED) is 0.682. The third-order valence-corrected chi connectivity index (χ3v) is 5.11. The number of hydrogen-bond acceptors (Lipinski definition) is 3. The van der Waals surface area contributed by atoms with E-state index < -0.39 is 0 Å². The maximum Gasteiger partial charge on any atom is 0.255 e. The van der Waals surface area contributed by atoms with Gasteiger partial charge in [-0.1, -0.05) is 42.0 Å². The van der Waals surface area contributed by atoms with Gasteiger partial charge in [0.05, 0.1) is 11.3 Å². The maximum atomic E-state index is 12.8. The highest BCUT2D eigenvalue weighted by atomic mass is 16.2. The molecule has 1 aromatic carbocycles. The molecule has 4 rings (SSSR count). The largest absolute Gasteiger partial charge is 0.338 e. The molecule has 4 nitrogen and oxygen atoms in total. The third kappa shape index (κ3) is 3.86. The number of nitrogens with zero attached hydrogens (tertiary/aromatic N) is 3. The Balaban J connectivity index is 1.60. The number of likely N-dealkylation sites (tertiary alicyclic amines) is 1. The van der Waals surface area contributed by atoms with E-state index in [1.807, 2.05) is 42.3 Å². The molecule has 0 atom stereocenters. The Morgan fingerprint density at radius 3 is 2.36 bits per heavy atom. The van der Waals surface area contributed by atoms with Gasteiger partial charge in [0.1, 0.15) is 0 Å². The summed E-state index contributed by atoms with van der Waals surface area (Å²) < 4.78 is 0. The molecular formula is C24H23N3O. The Bertz CT molecular complexity index is 945. The van der Waals surface area contributed by atoms with E-state index >= 15 is 0 Å². The number of carbonyl (C=O) groups is 1. The number of hydrogen-bond donors (Lipinski definition) is 0. The molecule has 3 heterocycles. The number of carbonyl (C=O) groups excluding carboxylic acids is 1. The molecule has 0 unspecified atom stereocenters. The summed E-state index contributed by atoms with van der Waals surface area (Å²) in [7, 11) is 0. The van der Waals surface area contributed by atoms with Gasteiger partial charge in [-0.25, -0.2) is 0 Å². The molecular weight excluding hydrogens is 346 g/mol. The first-order valence-corrected chi connectivity index (χ1v) is 9.62. The second kappa shape index (κ2) is 8.17. The average Bonchev–Trinajstić information content (AvgIpc) is 2.75. The molecule has 0 aliphatic carbocycles. The predicted octanol–water partition coefficient (Wildman–Crippen LogP) is 4.52. The maximum absolute atomic E-state index is 12.8. The minimum atomic E-state index is 0.0642. The van der Waals surface area contributed by atoms with Gasteiger partial charge in [-0.3, -0.25) is 14.8 Å². The standard InChI is InChI=1S/C24H23N3O/c1-18-15-21(17-25-16-18)24(28)27-13-10-20(11-14-27)23(19-7-3-2-4-8-19)22-9-5-6-12-26-22/h2-9,12,15-17H,10-11,13-14H2,1H3. The summed E-state index contributed by atoms with van der Waals surface area (Å²) in [6, 6.07) is 18.3. The van der Waals surface area contributed by atoms with Crippen molar-refractivity contribution in [1.82, 2.24) is 14.9 Å². The van der Waals surface area contributed by atoms with Crippen LogP contribution in [0.2, 0.25) is 0 Å². The summed E-state index contributed by atoms with van der Waals surface area (Å²) in [5, 5.41) is 0. The lowest BCUT2D eigenvalue weighted by atomic mass is 9.90. The number of rotatable bonds is 3. The normalized spacial score (nSPS) is 14.0. The van der Waals surface area contributed by atoms with Crippen LogP contribution in [0.3, 0.4) is 0 Å². The summed E-state index contributed by atoms with van der Waals surface area (Å²) in [4.78, 5) is 23.5. The second-order valence-corrected chi connectivity index (χ2v) is 7.10. The van der Waals surface area contributed by atoms with Crippen LogP contribution < -0.4 is 0 Å². The fourth-order valence-corrected chi connectivity index (χ4v) is 3.73. The monoisotopic (exact) mass is 369 g/mol. The van der Waals surface area contributed by atoms with Crippen molar-refractivity contribution in [3.63, 3.8) is 0 Å². The number of amides is 1. The van der Waals surface area contributed by atoms with Gasteiger partial charge in [0.25, 0.3) is 5.91 Å². The summed E-state index contributed by atoms with van der Waals surface area (Å²) in [6.45, 7) is 3.39. The van der Waals surface area contributed by atoms with Crippen LogP contribution in [0.15, 0.2) is 78.8 Å². The van der Waals surface area contributed by atoms with Gasteiger partial charge in [0, 0.05) is 37.3 Å². The van der Waals surface area contributed by atoms with E-state index in [9.17, 15) is 4.79 Å². The molecule has 0 spiro atoms.